The number of aryl methyl sites for hydroxylation is 3. The van der Waals surface area contributed by atoms with Crippen LogP contribution in [0, 0.1) is 13.8 Å². The Kier molecular flexibility index (Phi) is 4.32. The van der Waals surface area contributed by atoms with Crippen LogP contribution in [-0.4, -0.2) is 21.6 Å². The molecule has 0 aliphatic heterocycles. The van der Waals surface area contributed by atoms with E-state index in [0.717, 1.165) is 30.2 Å². The summed E-state index contributed by atoms with van der Waals surface area (Å²) in [6.07, 6.45) is 4.79. The molecule has 0 saturated heterocycles. The fraction of sp³-hybridized carbons (Fsp3) is 0.467. The van der Waals surface area contributed by atoms with Gasteiger partial charge in [0.2, 0.25) is 0 Å². The Hall–Kier alpha value is -1.68. The van der Waals surface area contributed by atoms with E-state index in [-0.39, 0.29) is 6.04 Å². The third kappa shape index (κ3) is 3.20. The molecule has 0 amide bonds. The molecule has 0 aromatic carbocycles. The predicted octanol–water partition coefficient (Wildman–Crippen LogP) is 2.42. The lowest BCUT2D eigenvalue weighted by Crippen LogP contribution is -2.21. The molecule has 0 spiro atoms. The van der Waals surface area contributed by atoms with E-state index in [1.165, 1.54) is 5.56 Å². The average molecular weight is 258 g/mol. The summed E-state index contributed by atoms with van der Waals surface area (Å²) in [4.78, 5) is 8.89. The lowest BCUT2D eigenvalue weighted by molar-refractivity contribution is 0.551. The molecule has 1 atom stereocenters. The molecule has 19 heavy (non-hydrogen) atoms. The molecule has 1 unspecified atom stereocenters. The van der Waals surface area contributed by atoms with Crippen molar-refractivity contribution in [3.05, 3.63) is 47.3 Å². The van der Waals surface area contributed by atoms with E-state index in [2.05, 4.69) is 38.9 Å². The minimum absolute atomic E-state index is 0.271. The van der Waals surface area contributed by atoms with Crippen LogP contribution in [0.5, 0.6) is 0 Å². The summed E-state index contributed by atoms with van der Waals surface area (Å²) >= 11 is 0. The number of likely N-dealkylation sites (N-methyl/N-ethyl adjacent to an activating group) is 1. The quantitative estimate of drug-likeness (QED) is 0.895. The maximum absolute atomic E-state index is 4.45. The van der Waals surface area contributed by atoms with Crippen LogP contribution in [0.25, 0.3) is 0 Å². The summed E-state index contributed by atoms with van der Waals surface area (Å²) in [5, 5.41) is 3.38. The molecule has 2 rings (SSSR count). The van der Waals surface area contributed by atoms with Gasteiger partial charge in [0.05, 0.1) is 0 Å². The van der Waals surface area contributed by atoms with E-state index in [0.29, 0.717) is 0 Å². The molecule has 102 valence electrons. The zero-order valence-electron chi connectivity index (χ0n) is 12.1. The third-order valence-corrected chi connectivity index (χ3v) is 3.38. The van der Waals surface area contributed by atoms with Crippen LogP contribution in [0.3, 0.4) is 0 Å². The fourth-order valence-electron chi connectivity index (χ4n) is 2.46. The first-order valence-corrected chi connectivity index (χ1v) is 6.76. The Morgan fingerprint density at radius 1 is 1.26 bits per heavy atom. The second-order valence-corrected chi connectivity index (χ2v) is 4.86. The van der Waals surface area contributed by atoms with Crippen molar-refractivity contribution < 1.29 is 0 Å². The van der Waals surface area contributed by atoms with Gasteiger partial charge in [-0.2, -0.15) is 0 Å². The molecule has 4 nitrogen and oxygen atoms in total. The van der Waals surface area contributed by atoms with Crippen LogP contribution >= 0.6 is 0 Å². The largest absolute Gasteiger partial charge is 0.335 e. The van der Waals surface area contributed by atoms with Gasteiger partial charge in [-0.15, -0.1) is 0 Å². The molecule has 2 heterocycles. The van der Waals surface area contributed by atoms with Gasteiger partial charge in [-0.3, -0.25) is 4.98 Å². The monoisotopic (exact) mass is 258 g/mol. The predicted molar refractivity (Wildman–Crippen MR) is 77.1 cm³/mol. The Morgan fingerprint density at radius 2 is 1.95 bits per heavy atom. The van der Waals surface area contributed by atoms with Gasteiger partial charge >= 0.3 is 0 Å². The van der Waals surface area contributed by atoms with Gasteiger partial charge < -0.3 is 9.88 Å². The van der Waals surface area contributed by atoms with E-state index in [4.69, 9.17) is 0 Å². The molecule has 2 aromatic rings. The van der Waals surface area contributed by atoms with Crippen LogP contribution in [-0.2, 0) is 13.0 Å². The molecule has 0 bridgehead atoms. The third-order valence-electron chi connectivity index (χ3n) is 3.38. The second-order valence-electron chi connectivity index (χ2n) is 4.86. The number of aromatic nitrogens is 3. The smallest absolute Gasteiger partial charge is 0.110 e. The van der Waals surface area contributed by atoms with Gasteiger partial charge in [-0.05, 0) is 45.5 Å². The average Bonchev–Trinajstić information content (AvgIpc) is 2.81. The first kappa shape index (κ1) is 13.7. The van der Waals surface area contributed by atoms with Crippen molar-refractivity contribution >= 4 is 0 Å². The number of nitrogens with one attached hydrogen (secondary N) is 1. The van der Waals surface area contributed by atoms with E-state index >= 15 is 0 Å². The maximum Gasteiger partial charge on any atom is 0.110 e. The molecular formula is C15H22N4. The zero-order valence-corrected chi connectivity index (χ0v) is 12.1. The molecule has 0 aliphatic carbocycles. The highest BCUT2D eigenvalue weighted by molar-refractivity contribution is 5.24. The summed E-state index contributed by atoms with van der Waals surface area (Å²) in [7, 11) is 2.00. The van der Waals surface area contributed by atoms with Crippen molar-refractivity contribution in [3.8, 4) is 0 Å². The zero-order chi connectivity index (χ0) is 13.8. The lowest BCUT2D eigenvalue weighted by Gasteiger charge is -2.18. The molecule has 0 saturated carbocycles. The number of hydrogen-bond donors (Lipinski definition) is 1. The topological polar surface area (TPSA) is 42.7 Å². The van der Waals surface area contributed by atoms with E-state index in [9.17, 15) is 0 Å². The van der Waals surface area contributed by atoms with Gasteiger partial charge in [0.25, 0.3) is 0 Å². The van der Waals surface area contributed by atoms with Gasteiger partial charge in [0, 0.05) is 42.8 Å². The van der Waals surface area contributed by atoms with Crippen LogP contribution in [0.15, 0.2) is 24.5 Å². The van der Waals surface area contributed by atoms with Gasteiger partial charge in [-0.25, -0.2) is 4.98 Å². The highest BCUT2D eigenvalue weighted by atomic mass is 15.1. The highest BCUT2D eigenvalue weighted by Crippen LogP contribution is 2.19. The van der Waals surface area contributed by atoms with E-state index in [1.807, 2.05) is 33.3 Å². The number of imidazole rings is 1. The molecule has 4 heteroatoms. The van der Waals surface area contributed by atoms with Crippen molar-refractivity contribution in [3.63, 3.8) is 0 Å². The standard InChI is InChI=1S/C15H22N4/c1-5-19-7-6-17-15(19)10-14(16-4)13-8-11(2)18-12(3)9-13/h6-9,14,16H,5,10H2,1-4H3. The van der Waals surface area contributed by atoms with Crippen molar-refractivity contribution in [1.82, 2.24) is 19.9 Å². The number of nitrogens with zero attached hydrogens (tertiary/aromatic N) is 3. The van der Waals surface area contributed by atoms with Gasteiger partial charge in [0.1, 0.15) is 5.82 Å². The number of rotatable bonds is 5. The molecule has 2 aromatic heterocycles. The lowest BCUT2D eigenvalue weighted by atomic mass is 10.0. The van der Waals surface area contributed by atoms with Crippen molar-refractivity contribution in [1.29, 1.82) is 0 Å². The highest BCUT2D eigenvalue weighted by Gasteiger charge is 2.14. The molecule has 1 N–H and O–H groups in total. The first-order valence-electron chi connectivity index (χ1n) is 6.76. The molecule has 0 fully saturated rings. The van der Waals surface area contributed by atoms with Crippen molar-refractivity contribution in [2.24, 2.45) is 0 Å². The Morgan fingerprint density at radius 3 is 2.53 bits per heavy atom. The van der Waals surface area contributed by atoms with Crippen molar-refractivity contribution in [2.75, 3.05) is 7.05 Å². The maximum atomic E-state index is 4.45. The Bertz CT molecular complexity index is 525. The minimum Gasteiger partial charge on any atom is -0.335 e. The summed E-state index contributed by atoms with van der Waals surface area (Å²) in [6, 6.07) is 4.56. The van der Waals surface area contributed by atoms with E-state index < -0.39 is 0 Å². The molecule has 0 aliphatic rings. The number of pyridine rings is 1. The summed E-state index contributed by atoms with van der Waals surface area (Å²) in [5.41, 5.74) is 3.40. The fourth-order valence-corrected chi connectivity index (χ4v) is 2.46. The normalized spacial score (nSPS) is 12.6. The van der Waals surface area contributed by atoms with Crippen LogP contribution in [0.4, 0.5) is 0 Å². The molecular weight excluding hydrogens is 236 g/mol. The van der Waals surface area contributed by atoms with Crippen LogP contribution in [0.1, 0.15) is 35.7 Å². The van der Waals surface area contributed by atoms with Gasteiger partial charge in [0.15, 0.2) is 0 Å². The van der Waals surface area contributed by atoms with Crippen molar-refractivity contribution in [2.45, 2.75) is 39.8 Å². The summed E-state index contributed by atoms with van der Waals surface area (Å²) in [6.45, 7) is 7.17. The van der Waals surface area contributed by atoms with Gasteiger partial charge in [-0.1, -0.05) is 0 Å². The van der Waals surface area contributed by atoms with Crippen LogP contribution in [0.2, 0.25) is 0 Å². The Balaban J connectivity index is 2.25. The summed E-state index contributed by atoms with van der Waals surface area (Å²) < 4.78 is 2.19. The molecule has 0 radical (unpaired) electrons. The van der Waals surface area contributed by atoms with Crippen LogP contribution < -0.4 is 5.32 Å². The minimum atomic E-state index is 0.271. The summed E-state index contributed by atoms with van der Waals surface area (Å²) in [5.74, 6) is 1.12. The first-order chi connectivity index (χ1) is 9.13. The Labute approximate surface area is 114 Å². The SMILES string of the molecule is CCn1ccnc1CC(NC)c1cc(C)nc(C)c1. The number of hydrogen-bond acceptors (Lipinski definition) is 3. The van der Waals surface area contributed by atoms with E-state index in [1.54, 1.807) is 0 Å². The second kappa shape index (κ2) is 5.97.